The second-order valence-corrected chi connectivity index (χ2v) is 6.57. The van der Waals surface area contributed by atoms with E-state index in [1.807, 2.05) is 0 Å². The van der Waals surface area contributed by atoms with E-state index in [-0.39, 0.29) is 13.2 Å². The average molecular weight is 417 g/mol. The Labute approximate surface area is 170 Å². The van der Waals surface area contributed by atoms with Crippen LogP contribution in [0.1, 0.15) is 21.5 Å². The molecule has 0 spiro atoms. The molecule has 7 nitrogen and oxygen atoms in total. The Balaban J connectivity index is 1.69. The van der Waals surface area contributed by atoms with Crippen molar-refractivity contribution in [1.29, 1.82) is 0 Å². The Hall–Kier alpha value is -3.32. The van der Waals surface area contributed by atoms with Gasteiger partial charge in [0.2, 0.25) is 0 Å². The fraction of sp³-hybridized carbons (Fsp3) is 0.190. The molecule has 3 rings (SSSR count). The number of fused-ring (bicyclic) bond motifs is 1. The average Bonchev–Trinajstić information content (AvgIpc) is 2.71. The number of esters is 1. The zero-order chi connectivity index (χ0) is 21.0. The number of halogens is 1. The maximum atomic E-state index is 12.1. The molecule has 0 aliphatic carbocycles. The van der Waals surface area contributed by atoms with Crippen molar-refractivity contribution in [3.8, 4) is 11.5 Å². The van der Waals surface area contributed by atoms with Gasteiger partial charge in [-0.3, -0.25) is 4.79 Å². The lowest BCUT2D eigenvalue weighted by molar-refractivity contribution is -0.147. The van der Waals surface area contributed by atoms with Gasteiger partial charge >= 0.3 is 11.6 Å². The molecular formula is C21H17ClO7. The Kier molecular flexibility index (Phi) is 6.19. The van der Waals surface area contributed by atoms with Gasteiger partial charge in [0.25, 0.3) is 0 Å². The van der Waals surface area contributed by atoms with Crippen LogP contribution in [0.15, 0.2) is 45.6 Å². The number of benzene rings is 2. The Morgan fingerprint density at radius 2 is 1.97 bits per heavy atom. The van der Waals surface area contributed by atoms with Crippen LogP contribution in [0.2, 0.25) is 5.02 Å². The summed E-state index contributed by atoms with van der Waals surface area (Å²) in [5, 5.41) is 1.09. The summed E-state index contributed by atoms with van der Waals surface area (Å²) in [7, 11) is 1.42. The molecule has 3 aromatic rings. The second-order valence-electron chi connectivity index (χ2n) is 6.17. The molecule has 150 valence electrons. The molecule has 0 aliphatic heterocycles. The van der Waals surface area contributed by atoms with Crippen molar-refractivity contribution in [2.45, 2.75) is 13.5 Å². The van der Waals surface area contributed by atoms with Crippen LogP contribution in [-0.4, -0.2) is 26.0 Å². The third-order valence-corrected chi connectivity index (χ3v) is 4.57. The van der Waals surface area contributed by atoms with Gasteiger partial charge in [0, 0.05) is 27.6 Å². The molecule has 0 saturated heterocycles. The van der Waals surface area contributed by atoms with Gasteiger partial charge in [0.15, 0.2) is 18.1 Å². The van der Waals surface area contributed by atoms with Crippen molar-refractivity contribution >= 4 is 34.8 Å². The lowest BCUT2D eigenvalue weighted by Gasteiger charge is -2.11. The first-order chi connectivity index (χ1) is 13.9. The Morgan fingerprint density at radius 3 is 2.69 bits per heavy atom. The fourth-order valence-corrected chi connectivity index (χ4v) is 2.84. The molecule has 2 aromatic carbocycles. The number of carbonyl (C=O) groups excluding carboxylic acids is 2. The van der Waals surface area contributed by atoms with Crippen LogP contribution in [0.5, 0.6) is 11.5 Å². The number of hydrogen-bond acceptors (Lipinski definition) is 7. The number of methoxy groups -OCH3 is 1. The van der Waals surface area contributed by atoms with Crippen molar-refractivity contribution in [3.05, 3.63) is 68.5 Å². The molecule has 0 atom stereocenters. The maximum absolute atomic E-state index is 12.1. The molecule has 0 amide bonds. The zero-order valence-electron chi connectivity index (χ0n) is 15.7. The first-order valence-electron chi connectivity index (χ1n) is 8.56. The molecule has 0 radical (unpaired) electrons. The van der Waals surface area contributed by atoms with Crippen molar-refractivity contribution < 1.29 is 28.2 Å². The highest BCUT2D eigenvalue weighted by atomic mass is 35.5. The third kappa shape index (κ3) is 4.75. The molecule has 0 fully saturated rings. The zero-order valence-corrected chi connectivity index (χ0v) is 16.4. The third-order valence-electron chi connectivity index (χ3n) is 4.17. The van der Waals surface area contributed by atoms with Gasteiger partial charge in [-0.05, 0) is 42.8 Å². The van der Waals surface area contributed by atoms with Crippen molar-refractivity contribution in [2.75, 3.05) is 13.7 Å². The molecule has 0 aliphatic rings. The summed E-state index contributed by atoms with van der Waals surface area (Å²) in [5.41, 5.74) is 1.46. The second kappa shape index (κ2) is 8.79. The van der Waals surface area contributed by atoms with Gasteiger partial charge < -0.3 is 18.6 Å². The first-order valence-corrected chi connectivity index (χ1v) is 8.93. The van der Waals surface area contributed by atoms with Crippen LogP contribution in [0.4, 0.5) is 0 Å². The highest BCUT2D eigenvalue weighted by Crippen LogP contribution is 2.28. The number of hydrogen-bond donors (Lipinski definition) is 0. The highest BCUT2D eigenvalue weighted by Gasteiger charge is 2.13. The monoisotopic (exact) mass is 416 g/mol. The molecule has 1 aromatic heterocycles. The summed E-state index contributed by atoms with van der Waals surface area (Å²) in [4.78, 5) is 34.7. The van der Waals surface area contributed by atoms with Crippen molar-refractivity contribution in [3.63, 3.8) is 0 Å². The van der Waals surface area contributed by atoms with E-state index in [2.05, 4.69) is 0 Å². The largest absolute Gasteiger partial charge is 0.493 e. The predicted molar refractivity (Wildman–Crippen MR) is 106 cm³/mol. The van der Waals surface area contributed by atoms with Gasteiger partial charge in [-0.2, -0.15) is 0 Å². The van der Waals surface area contributed by atoms with Gasteiger partial charge in [0.05, 0.1) is 7.11 Å². The summed E-state index contributed by atoms with van der Waals surface area (Å²) in [6.45, 7) is 1.27. The van der Waals surface area contributed by atoms with Crippen LogP contribution >= 0.6 is 11.6 Å². The minimum Gasteiger partial charge on any atom is -0.493 e. The van der Waals surface area contributed by atoms with E-state index in [0.717, 1.165) is 5.56 Å². The van der Waals surface area contributed by atoms with Crippen molar-refractivity contribution in [1.82, 2.24) is 0 Å². The van der Waals surface area contributed by atoms with E-state index in [9.17, 15) is 14.4 Å². The summed E-state index contributed by atoms with van der Waals surface area (Å²) < 4.78 is 20.9. The number of ether oxygens (including phenoxy) is 3. The summed E-state index contributed by atoms with van der Waals surface area (Å²) in [6, 6.07) is 9.13. The lowest BCUT2D eigenvalue weighted by Crippen LogP contribution is -2.15. The van der Waals surface area contributed by atoms with Gasteiger partial charge in [0.1, 0.15) is 18.5 Å². The minimum atomic E-state index is -0.647. The van der Waals surface area contributed by atoms with Crippen LogP contribution < -0.4 is 15.1 Å². The van der Waals surface area contributed by atoms with Crippen LogP contribution in [0.3, 0.4) is 0 Å². The fourth-order valence-electron chi connectivity index (χ4n) is 2.68. The Morgan fingerprint density at radius 1 is 1.17 bits per heavy atom. The van der Waals surface area contributed by atoms with Crippen molar-refractivity contribution in [2.24, 2.45) is 0 Å². The van der Waals surface area contributed by atoms with Gasteiger partial charge in [-0.25, -0.2) is 9.59 Å². The van der Waals surface area contributed by atoms with E-state index >= 15 is 0 Å². The molecule has 29 heavy (non-hydrogen) atoms. The van der Waals surface area contributed by atoms with E-state index in [0.29, 0.717) is 44.9 Å². The van der Waals surface area contributed by atoms with E-state index in [1.165, 1.54) is 31.4 Å². The quantitative estimate of drug-likeness (QED) is 0.329. The molecule has 8 heteroatoms. The van der Waals surface area contributed by atoms with E-state index in [4.69, 9.17) is 30.2 Å². The minimum absolute atomic E-state index is 0.148. The standard InChI is InChI=1S/C21H17ClO7/c1-12-5-18-15(8-16(12)22)14(7-20(24)29-18)10-28-21(25)11-27-17-4-3-13(9-23)6-19(17)26-2/h3-9H,10-11H2,1-2H3. The maximum Gasteiger partial charge on any atom is 0.344 e. The Bertz CT molecular complexity index is 1130. The van der Waals surface area contributed by atoms with E-state index in [1.54, 1.807) is 19.1 Å². The first kappa shape index (κ1) is 20.4. The lowest BCUT2D eigenvalue weighted by atomic mass is 10.1. The number of aryl methyl sites for hydroxylation is 1. The normalized spacial score (nSPS) is 10.6. The molecule has 0 unspecified atom stereocenters. The van der Waals surface area contributed by atoms with E-state index < -0.39 is 11.6 Å². The molecule has 0 bridgehead atoms. The molecular weight excluding hydrogens is 400 g/mol. The van der Waals surface area contributed by atoms with Gasteiger partial charge in [-0.1, -0.05) is 11.6 Å². The molecule has 1 heterocycles. The van der Waals surface area contributed by atoms with Gasteiger partial charge in [-0.15, -0.1) is 0 Å². The summed E-state index contributed by atoms with van der Waals surface area (Å²) in [5.74, 6) is -0.0340. The molecule has 0 saturated carbocycles. The van der Waals surface area contributed by atoms with Crippen LogP contribution in [-0.2, 0) is 16.1 Å². The number of rotatable bonds is 7. The van der Waals surface area contributed by atoms with Crippen LogP contribution in [0.25, 0.3) is 11.0 Å². The predicted octanol–water partition coefficient (Wildman–Crippen LogP) is 3.70. The number of aldehydes is 1. The topological polar surface area (TPSA) is 92.0 Å². The summed E-state index contributed by atoms with van der Waals surface area (Å²) >= 11 is 6.15. The van der Waals surface area contributed by atoms with Crippen LogP contribution in [0, 0.1) is 6.92 Å². The SMILES string of the molecule is COc1cc(C=O)ccc1OCC(=O)OCc1cc(=O)oc2cc(C)c(Cl)cc12. The summed E-state index contributed by atoms with van der Waals surface area (Å²) in [6.07, 6.45) is 0.676. The number of carbonyl (C=O) groups is 2. The highest BCUT2D eigenvalue weighted by molar-refractivity contribution is 6.32. The molecule has 0 N–H and O–H groups in total. The smallest absolute Gasteiger partial charge is 0.344 e.